The Balaban J connectivity index is 0.00000162. The highest BCUT2D eigenvalue weighted by molar-refractivity contribution is 7.89. The smallest absolute Gasteiger partial charge is 0.216 e. The van der Waals surface area contributed by atoms with Crippen LogP contribution < -0.4 is 5.32 Å². The molecule has 7 heteroatoms. The summed E-state index contributed by atoms with van der Waals surface area (Å²) in [6.45, 7) is 2.12. The normalized spacial score (nSPS) is 29.4. The van der Waals surface area contributed by atoms with Crippen molar-refractivity contribution < 1.29 is 13.2 Å². The highest BCUT2D eigenvalue weighted by Gasteiger charge is 2.35. The highest BCUT2D eigenvalue weighted by atomic mass is 35.5. The van der Waals surface area contributed by atoms with E-state index in [1.807, 2.05) is 7.05 Å². The van der Waals surface area contributed by atoms with Gasteiger partial charge in [0.2, 0.25) is 10.0 Å². The van der Waals surface area contributed by atoms with Gasteiger partial charge in [0.25, 0.3) is 0 Å². The van der Waals surface area contributed by atoms with Crippen molar-refractivity contribution in [3.8, 4) is 0 Å². The van der Waals surface area contributed by atoms with Crippen LogP contribution in [-0.4, -0.2) is 57.4 Å². The second-order valence-electron chi connectivity index (χ2n) is 4.88. The molecule has 5 nitrogen and oxygen atoms in total. The van der Waals surface area contributed by atoms with E-state index in [1.54, 1.807) is 4.31 Å². The molecule has 0 radical (unpaired) electrons. The largest absolute Gasteiger partial charge is 0.377 e. The molecular weight excluding hydrogens is 276 g/mol. The molecule has 18 heavy (non-hydrogen) atoms. The first-order chi connectivity index (χ1) is 8.13. The summed E-state index contributed by atoms with van der Waals surface area (Å²) in [7, 11) is -1.28. The molecule has 0 bridgehead atoms. The molecule has 0 aliphatic carbocycles. The molecule has 0 aromatic heterocycles. The lowest BCUT2D eigenvalue weighted by molar-refractivity contribution is 0.126. The van der Waals surface area contributed by atoms with Gasteiger partial charge in [-0.15, -0.1) is 12.4 Å². The van der Waals surface area contributed by atoms with Crippen LogP contribution in [0, 0.1) is 0 Å². The molecule has 2 unspecified atom stereocenters. The molecule has 0 aromatic carbocycles. The summed E-state index contributed by atoms with van der Waals surface area (Å²) in [6, 6.07) is 0.131. The first kappa shape index (κ1) is 16.2. The maximum Gasteiger partial charge on any atom is 0.216 e. The predicted molar refractivity (Wildman–Crippen MR) is 73.7 cm³/mol. The molecule has 0 saturated carbocycles. The number of nitrogens with zero attached hydrogens (tertiary/aromatic N) is 1. The maximum atomic E-state index is 12.3. The second-order valence-corrected chi connectivity index (χ2v) is 6.84. The summed E-state index contributed by atoms with van der Waals surface area (Å²) in [6.07, 6.45) is 3.71. The second kappa shape index (κ2) is 7.05. The minimum absolute atomic E-state index is 0. The fourth-order valence-corrected chi connectivity index (χ4v) is 4.69. The van der Waals surface area contributed by atoms with Crippen LogP contribution in [0.15, 0.2) is 0 Å². The van der Waals surface area contributed by atoms with Crippen LogP contribution in [0.3, 0.4) is 0 Å². The molecular formula is C11H23ClN2O3S. The van der Waals surface area contributed by atoms with Crippen molar-refractivity contribution in [2.24, 2.45) is 0 Å². The summed E-state index contributed by atoms with van der Waals surface area (Å²) in [5.74, 6) is 0.160. The van der Waals surface area contributed by atoms with Crippen LogP contribution >= 0.6 is 12.4 Å². The van der Waals surface area contributed by atoms with E-state index in [1.165, 1.54) is 0 Å². The van der Waals surface area contributed by atoms with Gasteiger partial charge in [-0.3, -0.25) is 0 Å². The van der Waals surface area contributed by atoms with E-state index in [2.05, 4.69) is 5.32 Å². The number of rotatable bonds is 5. The van der Waals surface area contributed by atoms with E-state index < -0.39 is 10.0 Å². The zero-order chi connectivity index (χ0) is 12.3. The number of sulfonamides is 1. The number of likely N-dealkylation sites (N-methyl/N-ethyl adjacent to an activating group) is 1. The monoisotopic (exact) mass is 298 g/mol. The Hall–Kier alpha value is 0.120. The quantitative estimate of drug-likeness (QED) is 0.807. The van der Waals surface area contributed by atoms with E-state index in [0.29, 0.717) is 13.2 Å². The van der Waals surface area contributed by atoms with E-state index >= 15 is 0 Å². The van der Waals surface area contributed by atoms with E-state index in [9.17, 15) is 8.42 Å². The number of hydrogen-bond acceptors (Lipinski definition) is 4. The number of halogens is 1. The average molecular weight is 299 g/mol. The van der Waals surface area contributed by atoms with Crippen molar-refractivity contribution in [2.75, 3.05) is 32.5 Å². The summed E-state index contributed by atoms with van der Waals surface area (Å²) < 4.78 is 31.7. The molecule has 2 fully saturated rings. The molecule has 108 valence electrons. The van der Waals surface area contributed by atoms with Gasteiger partial charge in [-0.1, -0.05) is 0 Å². The Bertz CT molecular complexity index is 344. The Morgan fingerprint density at radius 2 is 2.11 bits per heavy atom. The standard InChI is InChI=1S/C11H22N2O3S.ClH/c1-12-8-10-4-2-6-13(10)17(14,15)9-11-5-3-7-16-11;/h10-12H,2-9H2,1H3;1H. The minimum atomic E-state index is -3.15. The van der Waals surface area contributed by atoms with Gasteiger partial charge in [-0.2, -0.15) is 4.31 Å². The van der Waals surface area contributed by atoms with Crippen LogP contribution in [0.1, 0.15) is 25.7 Å². The van der Waals surface area contributed by atoms with Gasteiger partial charge >= 0.3 is 0 Å². The van der Waals surface area contributed by atoms with Crippen LogP contribution in [-0.2, 0) is 14.8 Å². The summed E-state index contributed by atoms with van der Waals surface area (Å²) in [5.41, 5.74) is 0. The van der Waals surface area contributed by atoms with E-state index in [4.69, 9.17) is 4.74 Å². The minimum Gasteiger partial charge on any atom is -0.377 e. The fourth-order valence-electron chi connectivity index (χ4n) is 2.72. The SMILES string of the molecule is CNCC1CCCN1S(=O)(=O)CC1CCCO1.Cl. The van der Waals surface area contributed by atoms with Crippen molar-refractivity contribution in [3.05, 3.63) is 0 Å². The fraction of sp³-hybridized carbons (Fsp3) is 1.00. The lowest BCUT2D eigenvalue weighted by Crippen LogP contribution is -2.43. The molecule has 2 atom stereocenters. The van der Waals surface area contributed by atoms with Crippen molar-refractivity contribution >= 4 is 22.4 Å². The summed E-state index contributed by atoms with van der Waals surface area (Å²) in [4.78, 5) is 0. The zero-order valence-corrected chi connectivity index (χ0v) is 12.4. The third kappa shape index (κ3) is 3.81. The first-order valence-electron chi connectivity index (χ1n) is 6.39. The van der Waals surface area contributed by atoms with Gasteiger partial charge in [-0.25, -0.2) is 8.42 Å². The maximum absolute atomic E-state index is 12.3. The number of nitrogens with one attached hydrogen (secondary N) is 1. The van der Waals surface area contributed by atoms with E-state index in [0.717, 1.165) is 32.2 Å². The van der Waals surface area contributed by atoms with Gasteiger partial charge < -0.3 is 10.1 Å². The molecule has 2 rings (SSSR count). The Labute approximate surface area is 116 Å². The van der Waals surface area contributed by atoms with Crippen LogP contribution in [0.4, 0.5) is 0 Å². The molecule has 2 aliphatic rings. The average Bonchev–Trinajstić information content (AvgIpc) is 2.88. The van der Waals surface area contributed by atoms with Gasteiger partial charge in [0.15, 0.2) is 0 Å². The van der Waals surface area contributed by atoms with Gasteiger partial charge in [0.1, 0.15) is 0 Å². The van der Waals surface area contributed by atoms with Crippen molar-refractivity contribution in [2.45, 2.75) is 37.8 Å². The highest BCUT2D eigenvalue weighted by Crippen LogP contribution is 2.23. The predicted octanol–water partition coefficient (Wildman–Crippen LogP) is 0.601. The van der Waals surface area contributed by atoms with Crippen molar-refractivity contribution in [3.63, 3.8) is 0 Å². The van der Waals surface area contributed by atoms with Crippen molar-refractivity contribution in [1.82, 2.24) is 9.62 Å². The molecule has 0 spiro atoms. The summed E-state index contributed by atoms with van der Waals surface area (Å²) in [5, 5.41) is 3.07. The van der Waals surface area contributed by atoms with E-state index in [-0.39, 0.29) is 30.3 Å². The number of ether oxygens (including phenoxy) is 1. The summed E-state index contributed by atoms with van der Waals surface area (Å²) >= 11 is 0. The zero-order valence-electron chi connectivity index (χ0n) is 10.8. The van der Waals surface area contributed by atoms with Gasteiger partial charge in [0, 0.05) is 25.7 Å². The number of hydrogen-bond donors (Lipinski definition) is 1. The third-order valence-electron chi connectivity index (χ3n) is 3.54. The molecule has 2 aliphatic heterocycles. The van der Waals surface area contributed by atoms with Crippen LogP contribution in [0.25, 0.3) is 0 Å². The lowest BCUT2D eigenvalue weighted by atomic mass is 10.2. The van der Waals surface area contributed by atoms with Crippen molar-refractivity contribution in [1.29, 1.82) is 0 Å². The topological polar surface area (TPSA) is 58.6 Å². The lowest BCUT2D eigenvalue weighted by Gasteiger charge is -2.25. The Morgan fingerprint density at radius 1 is 1.33 bits per heavy atom. The molecule has 2 heterocycles. The third-order valence-corrected chi connectivity index (χ3v) is 5.53. The molecule has 0 amide bonds. The van der Waals surface area contributed by atoms with Crippen LogP contribution in [0.5, 0.6) is 0 Å². The van der Waals surface area contributed by atoms with Gasteiger partial charge in [0.05, 0.1) is 11.9 Å². The first-order valence-corrected chi connectivity index (χ1v) is 8.00. The molecule has 1 N–H and O–H groups in total. The van der Waals surface area contributed by atoms with Crippen LogP contribution in [0.2, 0.25) is 0 Å². The Morgan fingerprint density at radius 3 is 2.72 bits per heavy atom. The molecule has 0 aromatic rings. The Kier molecular flexibility index (Phi) is 6.34. The van der Waals surface area contributed by atoms with Gasteiger partial charge in [-0.05, 0) is 32.7 Å². The molecule has 2 saturated heterocycles.